The molecule has 30 heavy (non-hydrogen) atoms. The monoisotopic (exact) mass is 432 g/mol. The van der Waals surface area contributed by atoms with Crippen LogP contribution in [0.1, 0.15) is 30.0 Å². The second-order valence-electron chi connectivity index (χ2n) is 7.37. The van der Waals surface area contributed by atoms with Gasteiger partial charge in [-0.25, -0.2) is 8.42 Å². The first-order valence-corrected chi connectivity index (χ1v) is 11.6. The van der Waals surface area contributed by atoms with Crippen LogP contribution in [0, 0.1) is 6.92 Å². The molecule has 1 aliphatic heterocycles. The predicted molar refractivity (Wildman–Crippen MR) is 116 cm³/mol. The Balaban J connectivity index is 1.63. The second kappa shape index (κ2) is 9.49. The number of sulfonamides is 1. The summed E-state index contributed by atoms with van der Waals surface area (Å²) in [5.74, 6) is 0.924. The molecule has 0 fully saturated rings. The highest BCUT2D eigenvalue weighted by Gasteiger charge is 2.26. The van der Waals surface area contributed by atoms with Crippen molar-refractivity contribution in [2.24, 2.45) is 0 Å². The van der Waals surface area contributed by atoms with Crippen molar-refractivity contribution in [1.82, 2.24) is 4.31 Å². The van der Waals surface area contributed by atoms with Crippen molar-refractivity contribution in [3.05, 3.63) is 53.1 Å². The summed E-state index contributed by atoms with van der Waals surface area (Å²) in [5.41, 5.74) is 3.68. The minimum absolute atomic E-state index is 0.151. The van der Waals surface area contributed by atoms with Gasteiger partial charge in [-0.1, -0.05) is 19.1 Å². The molecule has 162 valence electrons. The van der Waals surface area contributed by atoms with Gasteiger partial charge in [-0.05, 0) is 60.7 Å². The Morgan fingerprint density at radius 2 is 1.93 bits per heavy atom. The number of ether oxygens (including phenoxy) is 2. The Labute approximate surface area is 178 Å². The van der Waals surface area contributed by atoms with Crippen molar-refractivity contribution in [3.63, 3.8) is 0 Å². The van der Waals surface area contributed by atoms with E-state index in [0.29, 0.717) is 43.1 Å². The number of fused-ring (bicyclic) bond motifs is 1. The highest BCUT2D eigenvalue weighted by Crippen LogP contribution is 2.28. The number of hydrogen-bond donors (Lipinski definition) is 1. The topological polar surface area (TPSA) is 84.9 Å². The fourth-order valence-corrected chi connectivity index (χ4v) is 4.95. The van der Waals surface area contributed by atoms with Crippen molar-refractivity contribution in [3.8, 4) is 11.5 Å². The number of anilines is 1. The molecular formula is C22H28N2O5S. The maximum atomic E-state index is 12.4. The van der Waals surface area contributed by atoms with Crippen LogP contribution in [0.15, 0.2) is 36.4 Å². The number of methoxy groups -OCH3 is 1. The average molecular weight is 433 g/mol. The van der Waals surface area contributed by atoms with Crippen LogP contribution >= 0.6 is 0 Å². The van der Waals surface area contributed by atoms with E-state index in [-0.39, 0.29) is 18.3 Å². The van der Waals surface area contributed by atoms with Gasteiger partial charge < -0.3 is 14.8 Å². The Morgan fingerprint density at radius 3 is 2.67 bits per heavy atom. The van der Waals surface area contributed by atoms with E-state index in [1.165, 1.54) is 4.31 Å². The van der Waals surface area contributed by atoms with E-state index in [2.05, 4.69) is 5.32 Å². The van der Waals surface area contributed by atoms with Crippen LogP contribution in [-0.2, 0) is 27.8 Å². The number of amides is 1. The summed E-state index contributed by atoms with van der Waals surface area (Å²) in [4.78, 5) is 12.3. The quantitative estimate of drug-likeness (QED) is 0.693. The van der Waals surface area contributed by atoms with Gasteiger partial charge in [-0.3, -0.25) is 4.79 Å². The van der Waals surface area contributed by atoms with Gasteiger partial charge in [0, 0.05) is 18.8 Å². The second-order valence-corrected chi connectivity index (χ2v) is 9.46. The molecule has 2 aromatic carbocycles. The first-order chi connectivity index (χ1) is 14.3. The van der Waals surface area contributed by atoms with Crippen molar-refractivity contribution in [1.29, 1.82) is 0 Å². The summed E-state index contributed by atoms with van der Waals surface area (Å²) in [6.07, 6.45) is 1.26. The SMILES string of the molecule is CCCS(=O)(=O)N1CCc2ccc(NC(=O)COc3ccc(C)cc3OC)cc2C1. The molecule has 0 spiro atoms. The average Bonchev–Trinajstić information content (AvgIpc) is 2.72. The van der Waals surface area contributed by atoms with E-state index in [9.17, 15) is 13.2 Å². The van der Waals surface area contributed by atoms with Crippen molar-refractivity contribution >= 4 is 21.6 Å². The third-order valence-electron chi connectivity index (χ3n) is 5.00. The lowest BCUT2D eigenvalue weighted by molar-refractivity contribution is -0.118. The smallest absolute Gasteiger partial charge is 0.262 e. The van der Waals surface area contributed by atoms with E-state index in [1.54, 1.807) is 13.2 Å². The molecule has 0 radical (unpaired) electrons. The van der Waals surface area contributed by atoms with Crippen LogP contribution in [-0.4, -0.2) is 44.6 Å². The fourth-order valence-electron chi connectivity index (χ4n) is 3.47. The molecular weight excluding hydrogens is 404 g/mol. The Bertz CT molecular complexity index is 1020. The van der Waals surface area contributed by atoms with Crippen LogP contribution < -0.4 is 14.8 Å². The lowest BCUT2D eigenvalue weighted by Gasteiger charge is -2.28. The third-order valence-corrected chi connectivity index (χ3v) is 7.02. The molecule has 1 amide bonds. The molecule has 0 saturated carbocycles. The first kappa shape index (κ1) is 22.1. The van der Waals surface area contributed by atoms with Crippen molar-refractivity contribution in [2.45, 2.75) is 33.2 Å². The molecule has 3 rings (SSSR count). The lowest BCUT2D eigenvalue weighted by Crippen LogP contribution is -2.37. The molecule has 0 saturated heterocycles. The van der Waals surface area contributed by atoms with E-state index >= 15 is 0 Å². The molecule has 0 aromatic heterocycles. The Hall–Kier alpha value is -2.58. The van der Waals surface area contributed by atoms with Crippen molar-refractivity contribution in [2.75, 3.05) is 31.3 Å². The Kier molecular flexibility index (Phi) is 6.99. The van der Waals surface area contributed by atoms with E-state index in [0.717, 1.165) is 16.7 Å². The van der Waals surface area contributed by atoms with E-state index in [4.69, 9.17) is 9.47 Å². The van der Waals surface area contributed by atoms with Gasteiger partial charge in [0.1, 0.15) is 0 Å². The standard InChI is InChI=1S/C22H28N2O5S/c1-4-11-30(26,27)24-10-9-17-6-7-19(13-18(17)14-24)23-22(25)15-29-20-8-5-16(2)12-21(20)28-3/h5-8,12-13H,4,9-11,14-15H2,1-3H3,(H,23,25). The molecule has 1 aliphatic rings. The largest absolute Gasteiger partial charge is 0.493 e. The number of aryl methyl sites for hydroxylation is 1. The molecule has 1 heterocycles. The number of carbonyl (C=O) groups excluding carboxylic acids is 1. The van der Waals surface area contributed by atoms with Crippen LogP contribution in [0.4, 0.5) is 5.69 Å². The first-order valence-electron chi connectivity index (χ1n) is 9.99. The fraction of sp³-hybridized carbons (Fsp3) is 0.409. The minimum Gasteiger partial charge on any atom is -0.493 e. The Morgan fingerprint density at radius 1 is 1.13 bits per heavy atom. The number of hydrogen-bond acceptors (Lipinski definition) is 5. The van der Waals surface area contributed by atoms with Gasteiger partial charge in [0.15, 0.2) is 18.1 Å². The predicted octanol–water partition coefficient (Wildman–Crippen LogP) is 3.12. The molecule has 0 aliphatic carbocycles. The summed E-state index contributed by atoms with van der Waals surface area (Å²) in [5, 5.41) is 2.82. The van der Waals surface area contributed by atoms with Gasteiger partial charge in [-0.2, -0.15) is 4.31 Å². The molecule has 0 atom stereocenters. The van der Waals surface area contributed by atoms with Gasteiger partial charge in [0.05, 0.1) is 12.9 Å². The van der Waals surface area contributed by atoms with Crippen LogP contribution in [0.2, 0.25) is 0 Å². The molecule has 1 N–H and O–H groups in total. The zero-order valence-electron chi connectivity index (χ0n) is 17.6. The number of nitrogens with one attached hydrogen (secondary N) is 1. The third kappa shape index (κ3) is 5.31. The molecule has 0 bridgehead atoms. The summed E-state index contributed by atoms with van der Waals surface area (Å²) in [7, 11) is -1.69. The lowest BCUT2D eigenvalue weighted by atomic mass is 10.0. The molecule has 2 aromatic rings. The maximum Gasteiger partial charge on any atom is 0.262 e. The molecule has 0 unspecified atom stereocenters. The zero-order valence-corrected chi connectivity index (χ0v) is 18.4. The van der Waals surface area contributed by atoms with E-state index in [1.807, 2.05) is 44.2 Å². The van der Waals surface area contributed by atoms with E-state index < -0.39 is 10.0 Å². The van der Waals surface area contributed by atoms with Crippen molar-refractivity contribution < 1.29 is 22.7 Å². The van der Waals surface area contributed by atoms with Crippen LogP contribution in [0.5, 0.6) is 11.5 Å². The summed E-state index contributed by atoms with van der Waals surface area (Å²) in [6, 6.07) is 11.1. The van der Waals surface area contributed by atoms with Gasteiger partial charge in [0.2, 0.25) is 10.0 Å². The van der Waals surface area contributed by atoms with Crippen LogP contribution in [0.25, 0.3) is 0 Å². The highest BCUT2D eigenvalue weighted by atomic mass is 32.2. The van der Waals surface area contributed by atoms with Gasteiger partial charge >= 0.3 is 0 Å². The maximum absolute atomic E-state index is 12.4. The summed E-state index contributed by atoms with van der Waals surface area (Å²) >= 11 is 0. The number of rotatable bonds is 8. The highest BCUT2D eigenvalue weighted by molar-refractivity contribution is 7.89. The van der Waals surface area contributed by atoms with Gasteiger partial charge in [-0.15, -0.1) is 0 Å². The zero-order chi connectivity index (χ0) is 21.7. The minimum atomic E-state index is -3.25. The molecule has 8 heteroatoms. The number of benzene rings is 2. The summed E-state index contributed by atoms with van der Waals surface area (Å²) in [6.45, 7) is 4.47. The normalized spacial score (nSPS) is 14.1. The molecule has 7 nitrogen and oxygen atoms in total. The number of carbonyl (C=O) groups is 1. The van der Waals surface area contributed by atoms with Gasteiger partial charge in [0.25, 0.3) is 5.91 Å². The van der Waals surface area contributed by atoms with Crippen LogP contribution in [0.3, 0.4) is 0 Å². The summed E-state index contributed by atoms with van der Waals surface area (Å²) < 4.78 is 37.2. The number of nitrogens with zero attached hydrogens (tertiary/aromatic N) is 1.